The molecule has 1 aromatic rings. The summed E-state index contributed by atoms with van der Waals surface area (Å²) in [4.78, 5) is 2.59. The Hall–Kier alpha value is -0.860. The lowest BCUT2D eigenvalue weighted by molar-refractivity contribution is 0.178. The van der Waals surface area contributed by atoms with E-state index in [4.69, 9.17) is 5.73 Å². The lowest BCUT2D eigenvalue weighted by Gasteiger charge is -2.32. The van der Waals surface area contributed by atoms with Crippen molar-refractivity contribution in [2.45, 2.75) is 45.1 Å². The smallest absolute Gasteiger partial charge is 0.00483 e. The molecule has 1 unspecified atom stereocenters. The molecular formula is C17H28N2. The van der Waals surface area contributed by atoms with Crippen molar-refractivity contribution in [3.63, 3.8) is 0 Å². The molecule has 2 heteroatoms. The minimum Gasteiger partial charge on any atom is -0.328 e. The van der Waals surface area contributed by atoms with Crippen LogP contribution in [0.25, 0.3) is 0 Å². The number of hydrogen-bond donors (Lipinski definition) is 1. The first-order valence-corrected chi connectivity index (χ1v) is 7.79. The Kier molecular flexibility index (Phi) is 5.87. The van der Waals surface area contributed by atoms with Crippen molar-refractivity contribution in [1.82, 2.24) is 4.90 Å². The summed E-state index contributed by atoms with van der Waals surface area (Å²) in [5.74, 6) is 0.874. The first-order valence-electron chi connectivity index (χ1n) is 7.79. The fourth-order valence-corrected chi connectivity index (χ4v) is 2.91. The van der Waals surface area contributed by atoms with E-state index >= 15 is 0 Å². The second kappa shape index (κ2) is 7.66. The SMILES string of the molecule is CCC(N)CCN1CCC(Cc2ccccc2)CC1. The van der Waals surface area contributed by atoms with Crippen molar-refractivity contribution in [1.29, 1.82) is 0 Å². The predicted molar refractivity (Wildman–Crippen MR) is 82.2 cm³/mol. The Balaban J connectivity index is 1.68. The first kappa shape index (κ1) is 14.5. The van der Waals surface area contributed by atoms with E-state index in [9.17, 15) is 0 Å². The van der Waals surface area contributed by atoms with Gasteiger partial charge in [-0.25, -0.2) is 0 Å². The predicted octanol–water partition coefficient (Wildman–Crippen LogP) is 3.07. The summed E-state index contributed by atoms with van der Waals surface area (Å²) < 4.78 is 0. The Morgan fingerprint density at radius 2 is 1.89 bits per heavy atom. The van der Waals surface area contributed by atoms with Crippen LogP contribution in [0, 0.1) is 5.92 Å². The number of rotatable bonds is 6. The first-order chi connectivity index (χ1) is 9.28. The van der Waals surface area contributed by atoms with Crippen LogP contribution in [0.2, 0.25) is 0 Å². The zero-order valence-electron chi connectivity index (χ0n) is 12.2. The Morgan fingerprint density at radius 3 is 2.53 bits per heavy atom. The van der Waals surface area contributed by atoms with Gasteiger partial charge >= 0.3 is 0 Å². The number of likely N-dealkylation sites (tertiary alicyclic amines) is 1. The summed E-state index contributed by atoms with van der Waals surface area (Å²) in [6.45, 7) is 5.88. The molecule has 2 nitrogen and oxygen atoms in total. The topological polar surface area (TPSA) is 29.3 Å². The average Bonchev–Trinajstić information content (AvgIpc) is 2.47. The van der Waals surface area contributed by atoms with Crippen molar-refractivity contribution in [3.8, 4) is 0 Å². The Bertz CT molecular complexity index is 342. The molecule has 1 fully saturated rings. The molecule has 0 bridgehead atoms. The zero-order chi connectivity index (χ0) is 13.5. The summed E-state index contributed by atoms with van der Waals surface area (Å²) in [5.41, 5.74) is 7.49. The summed E-state index contributed by atoms with van der Waals surface area (Å²) in [5, 5.41) is 0. The van der Waals surface area contributed by atoms with Crippen LogP contribution in [0.3, 0.4) is 0 Å². The van der Waals surface area contributed by atoms with Crippen molar-refractivity contribution >= 4 is 0 Å². The number of hydrogen-bond acceptors (Lipinski definition) is 2. The number of piperidine rings is 1. The number of nitrogens with two attached hydrogens (primary N) is 1. The third-order valence-corrected chi connectivity index (χ3v) is 4.41. The normalized spacial score (nSPS) is 19.5. The van der Waals surface area contributed by atoms with Crippen molar-refractivity contribution < 1.29 is 0 Å². The molecular weight excluding hydrogens is 232 g/mol. The molecule has 0 radical (unpaired) electrons. The van der Waals surface area contributed by atoms with E-state index in [1.54, 1.807) is 0 Å². The van der Waals surface area contributed by atoms with Gasteiger partial charge < -0.3 is 10.6 Å². The summed E-state index contributed by atoms with van der Waals surface area (Å²) in [6.07, 6.45) is 6.19. The molecule has 1 heterocycles. The lowest BCUT2D eigenvalue weighted by Crippen LogP contribution is -2.37. The van der Waals surface area contributed by atoms with Gasteiger partial charge in [-0.05, 0) is 63.2 Å². The second-order valence-electron chi connectivity index (χ2n) is 5.93. The highest BCUT2D eigenvalue weighted by Gasteiger charge is 2.19. The van der Waals surface area contributed by atoms with E-state index in [1.165, 1.54) is 44.5 Å². The van der Waals surface area contributed by atoms with Gasteiger partial charge in [-0.3, -0.25) is 0 Å². The van der Waals surface area contributed by atoms with Gasteiger partial charge in [0.25, 0.3) is 0 Å². The monoisotopic (exact) mass is 260 g/mol. The molecule has 19 heavy (non-hydrogen) atoms. The largest absolute Gasteiger partial charge is 0.328 e. The van der Waals surface area contributed by atoms with E-state index in [2.05, 4.69) is 42.2 Å². The van der Waals surface area contributed by atoms with Crippen molar-refractivity contribution in [2.24, 2.45) is 11.7 Å². The van der Waals surface area contributed by atoms with Gasteiger partial charge in [0.15, 0.2) is 0 Å². The Morgan fingerprint density at radius 1 is 1.21 bits per heavy atom. The van der Waals surface area contributed by atoms with Crippen molar-refractivity contribution in [3.05, 3.63) is 35.9 Å². The molecule has 1 aliphatic rings. The van der Waals surface area contributed by atoms with Crippen molar-refractivity contribution in [2.75, 3.05) is 19.6 Å². The third kappa shape index (κ3) is 4.96. The minimum atomic E-state index is 0.391. The molecule has 0 aromatic heterocycles. The molecule has 0 aliphatic carbocycles. The van der Waals surface area contributed by atoms with Crippen LogP contribution in [0.1, 0.15) is 38.2 Å². The molecule has 0 spiro atoms. The van der Waals surface area contributed by atoms with E-state index in [-0.39, 0.29) is 0 Å². The van der Waals surface area contributed by atoms with Gasteiger partial charge in [0.05, 0.1) is 0 Å². The molecule has 1 saturated heterocycles. The van der Waals surface area contributed by atoms with E-state index < -0.39 is 0 Å². The van der Waals surface area contributed by atoms with Gasteiger partial charge in [0.1, 0.15) is 0 Å². The van der Waals surface area contributed by atoms with Crippen LogP contribution in [0.5, 0.6) is 0 Å². The minimum absolute atomic E-state index is 0.391. The summed E-state index contributed by atoms with van der Waals surface area (Å²) >= 11 is 0. The Labute approximate surface area is 118 Å². The van der Waals surface area contributed by atoms with Crippen LogP contribution < -0.4 is 5.73 Å². The second-order valence-corrected chi connectivity index (χ2v) is 5.93. The molecule has 0 saturated carbocycles. The van der Waals surface area contributed by atoms with Crippen LogP contribution in [-0.2, 0) is 6.42 Å². The molecule has 1 aliphatic heterocycles. The number of benzene rings is 1. The fraction of sp³-hybridized carbons (Fsp3) is 0.647. The van der Waals surface area contributed by atoms with Crippen LogP contribution >= 0.6 is 0 Å². The van der Waals surface area contributed by atoms with Crippen LogP contribution in [0.4, 0.5) is 0 Å². The summed E-state index contributed by atoms with van der Waals surface area (Å²) in [7, 11) is 0. The van der Waals surface area contributed by atoms with E-state index in [0.29, 0.717) is 6.04 Å². The van der Waals surface area contributed by atoms with Gasteiger partial charge in [0.2, 0.25) is 0 Å². The molecule has 2 N–H and O–H groups in total. The lowest BCUT2D eigenvalue weighted by atomic mass is 9.90. The zero-order valence-corrected chi connectivity index (χ0v) is 12.2. The van der Waals surface area contributed by atoms with E-state index in [1.807, 2.05) is 0 Å². The van der Waals surface area contributed by atoms with Gasteiger partial charge in [-0.2, -0.15) is 0 Å². The van der Waals surface area contributed by atoms with Gasteiger partial charge in [-0.1, -0.05) is 37.3 Å². The maximum atomic E-state index is 5.99. The van der Waals surface area contributed by atoms with Crippen LogP contribution in [0.15, 0.2) is 30.3 Å². The maximum absolute atomic E-state index is 5.99. The fourth-order valence-electron chi connectivity index (χ4n) is 2.91. The highest BCUT2D eigenvalue weighted by Crippen LogP contribution is 2.21. The molecule has 106 valence electrons. The molecule has 1 aromatic carbocycles. The molecule has 0 amide bonds. The summed E-state index contributed by atoms with van der Waals surface area (Å²) in [6, 6.07) is 11.3. The van der Waals surface area contributed by atoms with E-state index in [0.717, 1.165) is 18.8 Å². The quantitative estimate of drug-likeness (QED) is 0.851. The van der Waals surface area contributed by atoms with Gasteiger partial charge in [0, 0.05) is 6.04 Å². The highest BCUT2D eigenvalue weighted by atomic mass is 15.1. The average molecular weight is 260 g/mol. The maximum Gasteiger partial charge on any atom is 0.00483 e. The highest BCUT2D eigenvalue weighted by molar-refractivity contribution is 5.15. The third-order valence-electron chi connectivity index (χ3n) is 4.41. The number of nitrogens with zero attached hydrogens (tertiary/aromatic N) is 1. The molecule has 1 atom stereocenters. The molecule has 2 rings (SSSR count). The standard InChI is InChI=1S/C17H28N2/c1-2-17(18)10-13-19-11-8-16(9-12-19)14-15-6-4-3-5-7-15/h3-7,16-17H,2,8-14,18H2,1H3. The van der Waals surface area contributed by atoms with Crippen LogP contribution in [-0.4, -0.2) is 30.6 Å². The van der Waals surface area contributed by atoms with Gasteiger partial charge in [-0.15, -0.1) is 0 Å².